The fourth-order valence-electron chi connectivity index (χ4n) is 1.71. The average Bonchev–Trinajstić information content (AvgIpc) is 2.40. The van der Waals surface area contributed by atoms with Crippen LogP contribution in [0.2, 0.25) is 0 Å². The van der Waals surface area contributed by atoms with E-state index in [2.05, 4.69) is 26.0 Å². The van der Waals surface area contributed by atoms with Crippen LogP contribution in [0.25, 0.3) is 0 Å². The van der Waals surface area contributed by atoms with Crippen LogP contribution in [0, 0.1) is 16.7 Å². The zero-order valence-corrected chi connectivity index (χ0v) is 8.30. The molecule has 0 spiro atoms. The van der Waals surface area contributed by atoms with Gasteiger partial charge in [-0.25, -0.2) is 0 Å². The molecule has 0 unspecified atom stereocenters. The third-order valence-electron chi connectivity index (χ3n) is 2.65. The summed E-state index contributed by atoms with van der Waals surface area (Å²) in [6, 6.07) is 2.21. The van der Waals surface area contributed by atoms with E-state index in [1.807, 2.05) is 6.08 Å². The molecule has 1 atom stereocenters. The van der Waals surface area contributed by atoms with Crippen LogP contribution in [0.3, 0.4) is 0 Å². The molecule has 70 valence electrons. The van der Waals surface area contributed by atoms with Crippen molar-refractivity contribution in [3.63, 3.8) is 0 Å². The summed E-state index contributed by atoms with van der Waals surface area (Å²) in [5.41, 5.74) is 6.98. The van der Waals surface area contributed by atoms with E-state index in [-0.39, 0.29) is 5.41 Å². The van der Waals surface area contributed by atoms with Gasteiger partial charge in [0.15, 0.2) is 0 Å². The molecule has 2 heteroatoms. The second kappa shape index (κ2) is 3.66. The van der Waals surface area contributed by atoms with Crippen LogP contribution in [0.4, 0.5) is 0 Å². The molecule has 0 radical (unpaired) electrons. The Morgan fingerprint density at radius 1 is 1.62 bits per heavy atom. The largest absolute Gasteiger partial charge is 0.398 e. The highest BCUT2D eigenvalue weighted by molar-refractivity contribution is 5.46. The summed E-state index contributed by atoms with van der Waals surface area (Å²) in [6.07, 6.45) is 7.22. The number of hydrogen-bond donors (Lipinski definition) is 1. The monoisotopic (exact) mass is 176 g/mol. The molecule has 13 heavy (non-hydrogen) atoms. The molecule has 0 aromatic rings. The topological polar surface area (TPSA) is 49.8 Å². The predicted molar refractivity (Wildman–Crippen MR) is 53.6 cm³/mol. The third-order valence-corrected chi connectivity index (χ3v) is 2.65. The van der Waals surface area contributed by atoms with E-state index in [1.54, 1.807) is 0 Å². The highest BCUT2D eigenvalue weighted by atomic mass is 14.6. The Labute approximate surface area is 79.7 Å². The Morgan fingerprint density at radius 2 is 2.31 bits per heavy atom. The first-order valence-corrected chi connectivity index (χ1v) is 4.73. The fourth-order valence-corrected chi connectivity index (χ4v) is 1.71. The van der Waals surface area contributed by atoms with Crippen LogP contribution in [0.1, 0.15) is 33.1 Å². The molecule has 0 amide bonds. The Balaban J connectivity index is 2.82. The van der Waals surface area contributed by atoms with E-state index in [4.69, 9.17) is 11.0 Å². The average molecular weight is 176 g/mol. The van der Waals surface area contributed by atoms with Crippen LogP contribution < -0.4 is 5.73 Å². The minimum Gasteiger partial charge on any atom is -0.398 e. The number of hydrogen-bond acceptors (Lipinski definition) is 2. The van der Waals surface area contributed by atoms with Crippen molar-refractivity contribution >= 4 is 0 Å². The minimum atomic E-state index is -0.102. The van der Waals surface area contributed by atoms with Crippen LogP contribution in [-0.2, 0) is 0 Å². The van der Waals surface area contributed by atoms with Gasteiger partial charge in [0, 0.05) is 11.1 Å². The lowest BCUT2D eigenvalue weighted by molar-refractivity contribution is 0.462. The Bertz CT molecular complexity index is 294. The first-order chi connectivity index (χ1) is 6.14. The molecule has 1 aliphatic rings. The highest BCUT2D eigenvalue weighted by Crippen LogP contribution is 2.39. The van der Waals surface area contributed by atoms with E-state index in [9.17, 15) is 0 Å². The first-order valence-electron chi connectivity index (χ1n) is 4.73. The van der Waals surface area contributed by atoms with Gasteiger partial charge >= 0.3 is 0 Å². The molecule has 1 rings (SSSR count). The zero-order valence-electron chi connectivity index (χ0n) is 8.30. The number of nitrogens with zero attached hydrogens (tertiary/aromatic N) is 1. The van der Waals surface area contributed by atoms with E-state index >= 15 is 0 Å². The second-order valence-corrected chi connectivity index (χ2v) is 3.80. The lowest BCUT2D eigenvalue weighted by Gasteiger charge is -2.21. The SMILES string of the molecule is CCCC[C@]1(C)C=CC(N)=C1C#N. The van der Waals surface area contributed by atoms with Crippen molar-refractivity contribution in [3.05, 3.63) is 23.4 Å². The first kappa shape index (κ1) is 9.85. The second-order valence-electron chi connectivity index (χ2n) is 3.80. The van der Waals surface area contributed by atoms with E-state index < -0.39 is 0 Å². The quantitative estimate of drug-likeness (QED) is 0.718. The molecule has 0 aliphatic heterocycles. The van der Waals surface area contributed by atoms with Gasteiger partial charge in [-0.3, -0.25) is 0 Å². The lowest BCUT2D eigenvalue weighted by Crippen LogP contribution is -2.14. The van der Waals surface area contributed by atoms with Gasteiger partial charge in [0.05, 0.1) is 11.6 Å². The van der Waals surface area contributed by atoms with Crippen molar-refractivity contribution < 1.29 is 0 Å². The Kier molecular flexibility index (Phi) is 2.77. The molecule has 2 nitrogen and oxygen atoms in total. The van der Waals surface area contributed by atoms with Gasteiger partial charge in [-0.15, -0.1) is 0 Å². The molecule has 0 heterocycles. The van der Waals surface area contributed by atoms with Gasteiger partial charge in [-0.05, 0) is 12.5 Å². The summed E-state index contributed by atoms with van der Waals surface area (Å²) in [5, 5.41) is 8.94. The molecular weight excluding hydrogens is 160 g/mol. The number of nitriles is 1. The summed E-state index contributed by atoms with van der Waals surface area (Å²) < 4.78 is 0. The van der Waals surface area contributed by atoms with Crippen molar-refractivity contribution in [1.29, 1.82) is 5.26 Å². The van der Waals surface area contributed by atoms with Crippen molar-refractivity contribution in [3.8, 4) is 6.07 Å². The van der Waals surface area contributed by atoms with Gasteiger partial charge in [0.1, 0.15) is 0 Å². The molecule has 1 aliphatic carbocycles. The number of unbranched alkanes of at least 4 members (excludes halogenated alkanes) is 1. The zero-order chi connectivity index (χ0) is 9.90. The molecular formula is C11H16N2. The van der Waals surface area contributed by atoms with Gasteiger partial charge in [-0.2, -0.15) is 5.26 Å². The van der Waals surface area contributed by atoms with Gasteiger partial charge in [0.25, 0.3) is 0 Å². The molecule has 0 fully saturated rings. The van der Waals surface area contributed by atoms with Crippen molar-refractivity contribution in [2.24, 2.45) is 11.1 Å². The van der Waals surface area contributed by atoms with Crippen molar-refractivity contribution in [2.75, 3.05) is 0 Å². The maximum Gasteiger partial charge on any atom is 0.0978 e. The molecule has 0 bridgehead atoms. The minimum absolute atomic E-state index is 0.102. The summed E-state index contributed by atoms with van der Waals surface area (Å²) in [7, 11) is 0. The molecule has 0 saturated carbocycles. The smallest absolute Gasteiger partial charge is 0.0978 e. The van der Waals surface area contributed by atoms with Gasteiger partial charge in [0.2, 0.25) is 0 Å². The van der Waals surface area contributed by atoms with Crippen molar-refractivity contribution in [2.45, 2.75) is 33.1 Å². The summed E-state index contributed by atoms with van der Waals surface area (Å²) in [4.78, 5) is 0. The molecule has 0 saturated heterocycles. The van der Waals surface area contributed by atoms with Gasteiger partial charge < -0.3 is 5.73 Å². The maximum absolute atomic E-state index is 8.94. The fraction of sp³-hybridized carbons (Fsp3) is 0.545. The lowest BCUT2D eigenvalue weighted by atomic mass is 9.80. The number of nitrogens with two attached hydrogens (primary N) is 1. The summed E-state index contributed by atoms with van der Waals surface area (Å²) in [6.45, 7) is 4.23. The summed E-state index contributed by atoms with van der Waals surface area (Å²) in [5.74, 6) is 0. The Morgan fingerprint density at radius 3 is 2.85 bits per heavy atom. The standard InChI is InChI=1S/C11H16N2/c1-3-4-6-11(2)7-5-10(13)9(11)8-12/h5,7H,3-4,6,13H2,1-2H3/t11-/m1/s1. The number of rotatable bonds is 3. The molecule has 2 N–H and O–H groups in total. The van der Waals surface area contributed by atoms with E-state index in [0.717, 1.165) is 24.8 Å². The molecule has 0 aromatic heterocycles. The predicted octanol–water partition coefficient (Wildman–Crippen LogP) is 2.49. The van der Waals surface area contributed by atoms with Crippen LogP contribution >= 0.6 is 0 Å². The van der Waals surface area contributed by atoms with E-state index in [1.165, 1.54) is 0 Å². The van der Waals surface area contributed by atoms with Crippen LogP contribution in [0.5, 0.6) is 0 Å². The van der Waals surface area contributed by atoms with E-state index in [0.29, 0.717) is 5.70 Å². The summed E-state index contributed by atoms with van der Waals surface area (Å²) >= 11 is 0. The highest BCUT2D eigenvalue weighted by Gasteiger charge is 2.31. The van der Waals surface area contributed by atoms with Crippen LogP contribution in [-0.4, -0.2) is 0 Å². The van der Waals surface area contributed by atoms with Gasteiger partial charge in [-0.1, -0.05) is 32.8 Å². The molecule has 0 aromatic carbocycles. The van der Waals surface area contributed by atoms with Crippen molar-refractivity contribution in [1.82, 2.24) is 0 Å². The Hall–Kier alpha value is -1.23. The normalized spacial score (nSPS) is 26.5. The maximum atomic E-state index is 8.94. The number of allylic oxidation sites excluding steroid dienone is 3. The van der Waals surface area contributed by atoms with Crippen LogP contribution in [0.15, 0.2) is 23.4 Å². The third kappa shape index (κ3) is 1.75.